The standard InChI is InChI=1S/C12H11NO3/c1-2-9-4-3-5-11(6-9)16-12-13-10(7-14)8-15-12/h3-8H,2H2,1H3. The Kier molecular flexibility index (Phi) is 3.00. The molecule has 0 aliphatic carbocycles. The molecular weight excluding hydrogens is 206 g/mol. The number of aldehydes is 1. The minimum atomic E-state index is 0.0790. The lowest BCUT2D eigenvalue weighted by atomic mass is 10.2. The van der Waals surface area contributed by atoms with Gasteiger partial charge in [0.15, 0.2) is 6.29 Å². The molecule has 0 saturated heterocycles. The summed E-state index contributed by atoms with van der Waals surface area (Å²) in [7, 11) is 0. The highest BCUT2D eigenvalue weighted by atomic mass is 16.6. The maximum absolute atomic E-state index is 10.4. The highest BCUT2D eigenvalue weighted by Gasteiger charge is 2.05. The van der Waals surface area contributed by atoms with Gasteiger partial charge in [-0.05, 0) is 24.1 Å². The monoisotopic (exact) mass is 217 g/mol. The van der Waals surface area contributed by atoms with E-state index in [0.717, 1.165) is 6.42 Å². The van der Waals surface area contributed by atoms with Crippen molar-refractivity contribution in [1.29, 1.82) is 0 Å². The van der Waals surface area contributed by atoms with E-state index in [1.165, 1.54) is 11.8 Å². The number of hydrogen-bond donors (Lipinski definition) is 0. The van der Waals surface area contributed by atoms with Gasteiger partial charge < -0.3 is 9.15 Å². The number of nitrogens with zero attached hydrogens (tertiary/aromatic N) is 1. The van der Waals surface area contributed by atoms with Crippen molar-refractivity contribution in [3.8, 4) is 11.8 Å². The first-order valence-corrected chi connectivity index (χ1v) is 4.99. The van der Waals surface area contributed by atoms with Gasteiger partial charge in [0, 0.05) is 0 Å². The van der Waals surface area contributed by atoms with Crippen LogP contribution >= 0.6 is 0 Å². The second-order valence-electron chi connectivity index (χ2n) is 3.26. The second-order valence-corrected chi connectivity index (χ2v) is 3.26. The molecule has 2 aromatic rings. The van der Waals surface area contributed by atoms with Gasteiger partial charge in [0.2, 0.25) is 0 Å². The van der Waals surface area contributed by atoms with Gasteiger partial charge in [0.1, 0.15) is 17.7 Å². The van der Waals surface area contributed by atoms with Gasteiger partial charge in [-0.2, -0.15) is 4.98 Å². The Hall–Kier alpha value is -2.10. The van der Waals surface area contributed by atoms with Crippen LogP contribution in [0.15, 0.2) is 34.9 Å². The number of carbonyl (C=O) groups excluding carboxylic acids is 1. The molecule has 0 atom stereocenters. The third-order valence-electron chi connectivity index (χ3n) is 2.13. The van der Waals surface area contributed by atoms with Crippen LogP contribution in [0.4, 0.5) is 0 Å². The first-order chi connectivity index (χ1) is 7.81. The van der Waals surface area contributed by atoms with Crippen LogP contribution < -0.4 is 4.74 Å². The van der Waals surface area contributed by atoms with Crippen molar-refractivity contribution in [2.24, 2.45) is 0 Å². The van der Waals surface area contributed by atoms with E-state index < -0.39 is 0 Å². The van der Waals surface area contributed by atoms with Crippen LogP contribution in [0.3, 0.4) is 0 Å². The molecule has 0 radical (unpaired) electrons. The Morgan fingerprint density at radius 2 is 2.38 bits per heavy atom. The molecule has 0 aliphatic heterocycles. The summed E-state index contributed by atoms with van der Waals surface area (Å²) in [6.45, 7) is 2.06. The molecule has 4 nitrogen and oxygen atoms in total. The van der Waals surface area contributed by atoms with Crippen LogP contribution in [0.1, 0.15) is 23.0 Å². The molecule has 0 fully saturated rings. The van der Waals surface area contributed by atoms with E-state index in [-0.39, 0.29) is 11.8 Å². The summed E-state index contributed by atoms with van der Waals surface area (Å²) >= 11 is 0. The Bertz CT molecular complexity index is 491. The minimum absolute atomic E-state index is 0.0790. The lowest BCUT2D eigenvalue weighted by Gasteiger charge is -2.02. The first kappa shape index (κ1) is 10.4. The molecule has 0 spiro atoms. The smallest absolute Gasteiger partial charge is 0.399 e. The number of aromatic nitrogens is 1. The number of rotatable bonds is 4. The third-order valence-corrected chi connectivity index (χ3v) is 2.13. The van der Waals surface area contributed by atoms with Gasteiger partial charge >= 0.3 is 6.08 Å². The van der Waals surface area contributed by atoms with Crippen molar-refractivity contribution in [3.05, 3.63) is 41.8 Å². The summed E-state index contributed by atoms with van der Waals surface area (Å²) in [6, 6.07) is 7.63. The van der Waals surface area contributed by atoms with E-state index in [2.05, 4.69) is 11.9 Å². The van der Waals surface area contributed by atoms with E-state index in [1.54, 1.807) is 0 Å². The zero-order valence-electron chi connectivity index (χ0n) is 8.84. The van der Waals surface area contributed by atoms with E-state index in [0.29, 0.717) is 12.0 Å². The fourth-order valence-electron chi connectivity index (χ4n) is 1.30. The predicted octanol–water partition coefficient (Wildman–Crippen LogP) is 2.84. The minimum Gasteiger partial charge on any atom is -0.416 e. The fraction of sp³-hybridized carbons (Fsp3) is 0.167. The highest BCUT2D eigenvalue weighted by molar-refractivity contribution is 5.70. The van der Waals surface area contributed by atoms with Gasteiger partial charge in [-0.3, -0.25) is 4.79 Å². The normalized spacial score (nSPS) is 10.1. The van der Waals surface area contributed by atoms with E-state index in [4.69, 9.17) is 9.15 Å². The van der Waals surface area contributed by atoms with Gasteiger partial charge in [0.25, 0.3) is 0 Å². The topological polar surface area (TPSA) is 52.3 Å². The number of carbonyl (C=O) groups is 1. The van der Waals surface area contributed by atoms with E-state index in [9.17, 15) is 4.79 Å². The number of hydrogen-bond acceptors (Lipinski definition) is 4. The quantitative estimate of drug-likeness (QED) is 0.739. The summed E-state index contributed by atoms with van der Waals surface area (Å²) in [5, 5.41) is 0. The SMILES string of the molecule is CCc1cccc(Oc2nc(C=O)co2)c1. The zero-order valence-corrected chi connectivity index (χ0v) is 8.84. The van der Waals surface area contributed by atoms with E-state index >= 15 is 0 Å². The summed E-state index contributed by atoms with van der Waals surface area (Å²) < 4.78 is 10.3. The summed E-state index contributed by atoms with van der Waals surface area (Å²) in [6.07, 6.45) is 2.88. The molecule has 4 heteroatoms. The lowest BCUT2D eigenvalue weighted by molar-refractivity contribution is 0.111. The fourth-order valence-corrected chi connectivity index (χ4v) is 1.30. The van der Waals surface area contributed by atoms with Crippen molar-refractivity contribution in [1.82, 2.24) is 4.98 Å². The summed E-state index contributed by atoms with van der Waals surface area (Å²) in [4.78, 5) is 14.2. The molecule has 0 amide bonds. The van der Waals surface area contributed by atoms with Gasteiger partial charge in [-0.15, -0.1) is 0 Å². The third kappa shape index (κ3) is 2.28. The molecule has 82 valence electrons. The number of benzene rings is 1. The van der Waals surface area contributed by atoms with Crippen LogP contribution in [-0.4, -0.2) is 11.3 Å². The van der Waals surface area contributed by atoms with Crippen LogP contribution in [0, 0.1) is 0 Å². The Balaban J connectivity index is 2.16. The maximum atomic E-state index is 10.4. The second kappa shape index (κ2) is 4.61. The molecule has 1 aromatic heterocycles. The molecular formula is C12H11NO3. The molecule has 0 unspecified atom stereocenters. The van der Waals surface area contributed by atoms with Gasteiger partial charge in [-0.25, -0.2) is 0 Å². The predicted molar refractivity (Wildman–Crippen MR) is 57.8 cm³/mol. The average Bonchev–Trinajstić information content (AvgIpc) is 2.77. The van der Waals surface area contributed by atoms with Gasteiger partial charge in [-0.1, -0.05) is 19.1 Å². The maximum Gasteiger partial charge on any atom is 0.399 e. The zero-order chi connectivity index (χ0) is 11.4. The molecule has 0 bridgehead atoms. The largest absolute Gasteiger partial charge is 0.416 e. The Labute approximate surface area is 92.9 Å². The van der Waals surface area contributed by atoms with Crippen LogP contribution in [0.5, 0.6) is 11.8 Å². The molecule has 2 rings (SSSR count). The number of aryl methyl sites for hydroxylation is 1. The molecule has 1 heterocycles. The number of oxazole rings is 1. The van der Waals surface area contributed by atoms with E-state index in [1.807, 2.05) is 24.3 Å². The van der Waals surface area contributed by atoms with Crippen LogP contribution in [-0.2, 0) is 6.42 Å². The number of ether oxygens (including phenoxy) is 1. The molecule has 1 aromatic carbocycles. The summed E-state index contributed by atoms with van der Waals surface area (Å²) in [5.41, 5.74) is 1.39. The Morgan fingerprint density at radius 3 is 3.06 bits per heavy atom. The molecule has 0 aliphatic rings. The highest BCUT2D eigenvalue weighted by Crippen LogP contribution is 2.21. The Morgan fingerprint density at radius 1 is 1.50 bits per heavy atom. The van der Waals surface area contributed by atoms with Crippen molar-refractivity contribution in [3.63, 3.8) is 0 Å². The van der Waals surface area contributed by atoms with Gasteiger partial charge in [0.05, 0.1) is 0 Å². The first-order valence-electron chi connectivity index (χ1n) is 4.99. The van der Waals surface area contributed by atoms with Crippen molar-refractivity contribution in [2.45, 2.75) is 13.3 Å². The molecule has 16 heavy (non-hydrogen) atoms. The average molecular weight is 217 g/mol. The molecule has 0 saturated carbocycles. The van der Waals surface area contributed by atoms with Crippen molar-refractivity contribution >= 4 is 6.29 Å². The molecule has 0 N–H and O–H groups in total. The summed E-state index contributed by atoms with van der Waals surface area (Å²) in [5.74, 6) is 0.652. The van der Waals surface area contributed by atoms with Crippen molar-refractivity contribution < 1.29 is 13.9 Å². The van der Waals surface area contributed by atoms with Crippen LogP contribution in [0.2, 0.25) is 0 Å². The van der Waals surface area contributed by atoms with Crippen LogP contribution in [0.25, 0.3) is 0 Å². The van der Waals surface area contributed by atoms with Crippen molar-refractivity contribution in [2.75, 3.05) is 0 Å². The lowest BCUT2D eigenvalue weighted by Crippen LogP contribution is -1.87.